The van der Waals surface area contributed by atoms with Crippen LogP contribution in [0, 0.1) is 12.3 Å². The molecule has 1 fully saturated rings. The Balaban J connectivity index is 0.00000338. The highest BCUT2D eigenvalue weighted by Crippen LogP contribution is 2.44. The molecule has 1 saturated carbocycles. The summed E-state index contributed by atoms with van der Waals surface area (Å²) in [6, 6.07) is 0. The molecule has 0 aromatic carbocycles. The van der Waals surface area contributed by atoms with Crippen LogP contribution in [0.2, 0.25) is 0 Å². The van der Waals surface area contributed by atoms with Crippen molar-refractivity contribution in [3.8, 4) is 0 Å². The van der Waals surface area contributed by atoms with Crippen LogP contribution in [0.5, 0.6) is 0 Å². The van der Waals surface area contributed by atoms with Crippen molar-refractivity contribution in [2.45, 2.75) is 58.9 Å². The van der Waals surface area contributed by atoms with Gasteiger partial charge < -0.3 is 19.9 Å². The van der Waals surface area contributed by atoms with Gasteiger partial charge in [-0.3, -0.25) is 4.99 Å². The Bertz CT molecular complexity index is 528. The molecular weight excluding hydrogens is 441 g/mol. The number of imidazole rings is 1. The quantitative estimate of drug-likeness (QED) is 0.222. The van der Waals surface area contributed by atoms with Crippen LogP contribution in [0.15, 0.2) is 17.4 Å². The van der Waals surface area contributed by atoms with Gasteiger partial charge in [-0.25, -0.2) is 4.98 Å². The third kappa shape index (κ3) is 7.42. The van der Waals surface area contributed by atoms with Crippen LogP contribution in [-0.4, -0.2) is 48.9 Å². The minimum absolute atomic E-state index is 0. The van der Waals surface area contributed by atoms with Gasteiger partial charge in [0.2, 0.25) is 0 Å². The molecule has 0 bridgehead atoms. The zero-order valence-corrected chi connectivity index (χ0v) is 18.9. The Kier molecular flexibility index (Phi) is 11.2. The van der Waals surface area contributed by atoms with E-state index >= 15 is 0 Å². The Morgan fingerprint density at radius 3 is 2.73 bits per heavy atom. The maximum Gasteiger partial charge on any atom is 0.191 e. The molecule has 26 heavy (non-hydrogen) atoms. The minimum Gasteiger partial charge on any atom is -0.385 e. The van der Waals surface area contributed by atoms with Gasteiger partial charge in [-0.05, 0) is 51.4 Å². The molecule has 0 unspecified atom stereocenters. The molecule has 1 aromatic heterocycles. The number of nitrogens with one attached hydrogen (secondary N) is 2. The van der Waals surface area contributed by atoms with Crippen molar-refractivity contribution < 1.29 is 4.74 Å². The SMILES string of the molecule is CCNC(=NCC1(CCOC)CCC1)NCCCCn1ccnc1C.I. The summed E-state index contributed by atoms with van der Waals surface area (Å²) in [7, 11) is 1.78. The van der Waals surface area contributed by atoms with E-state index in [1.807, 2.05) is 19.3 Å². The summed E-state index contributed by atoms with van der Waals surface area (Å²) in [6.45, 7) is 8.78. The first-order chi connectivity index (χ1) is 12.2. The van der Waals surface area contributed by atoms with Gasteiger partial charge in [0, 0.05) is 52.3 Å². The Labute approximate surface area is 175 Å². The van der Waals surface area contributed by atoms with Crippen molar-refractivity contribution in [3.05, 3.63) is 18.2 Å². The number of rotatable bonds is 11. The van der Waals surface area contributed by atoms with Crippen LogP contribution in [0.4, 0.5) is 0 Å². The molecule has 2 N–H and O–H groups in total. The zero-order valence-electron chi connectivity index (χ0n) is 16.6. The zero-order chi connectivity index (χ0) is 18.0. The van der Waals surface area contributed by atoms with E-state index < -0.39 is 0 Å². The largest absolute Gasteiger partial charge is 0.385 e. The third-order valence-corrected chi connectivity index (χ3v) is 5.21. The molecule has 0 amide bonds. The molecule has 7 heteroatoms. The van der Waals surface area contributed by atoms with E-state index in [0.717, 1.165) is 63.8 Å². The van der Waals surface area contributed by atoms with E-state index in [-0.39, 0.29) is 24.0 Å². The van der Waals surface area contributed by atoms with E-state index in [1.165, 1.54) is 19.3 Å². The van der Waals surface area contributed by atoms with Crippen molar-refractivity contribution in [1.29, 1.82) is 0 Å². The summed E-state index contributed by atoms with van der Waals surface area (Å²) >= 11 is 0. The number of hydrogen-bond acceptors (Lipinski definition) is 3. The summed E-state index contributed by atoms with van der Waals surface area (Å²) < 4.78 is 7.48. The molecule has 0 spiro atoms. The second-order valence-electron chi connectivity index (χ2n) is 7.09. The van der Waals surface area contributed by atoms with E-state index in [1.54, 1.807) is 7.11 Å². The molecule has 6 nitrogen and oxygen atoms in total. The first-order valence-corrected chi connectivity index (χ1v) is 9.68. The van der Waals surface area contributed by atoms with Crippen LogP contribution in [-0.2, 0) is 11.3 Å². The number of aryl methyl sites for hydroxylation is 2. The van der Waals surface area contributed by atoms with Crippen LogP contribution in [0.3, 0.4) is 0 Å². The van der Waals surface area contributed by atoms with Crippen LogP contribution < -0.4 is 10.6 Å². The highest BCUT2D eigenvalue weighted by atomic mass is 127. The fourth-order valence-corrected chi connectivity index (χ4v) is 3.33. The van der Waals surface area contributed by atoms with E-state index in [4.69, 9.17) is 9.73 Å². The van der Waals surface area contributed by atoms with Gasteiger partial charge >= 0.3 is 0 Å². The Morgan fingerprint density at radius 1 is 1.35 bits per heavy atom. The highest BCUT2D eigenvalue weighted by molar-refractivity contribution is 14.0. The van der Waals surface area contributed by atoms with Crippen LogP contribution >= 0.6 is 24.0 Å². The van der Waals surface area contributed by atoms with Crippen LogP contribution in [0.1, 0.15) is 51.3 Å². The second kappa shape index (κ2) is 12.5. The van der Waals surface area contributed by atoms with Crippen molar-refractivity contribution in [3.63, 3.8) is 0 Å². The van der Waals surface area contributed by atoms with Crippen molar-refractivity contribution in [2.75, 3.05) is 33.4 Å². The lowest BCUT2D eigenvalue weighted by Crippen LogP contribution is -2.40. The maximum absolute atomic E-state index is 5.27. The van der Waals surface area contributed by atoms with E-state index in [0.29, 0.717) is 5.41 Å². The fourth-order valence-electron chi connectivity index (χ4n) is 3.33. The molecule has 2 rings (SSSR count). The average Bonchev–Trinajstić information content (AvgIpc) is 2.98. The first kappa shape index (κ1) is 23.2. The fraction of sp³-hybridized carbons (Fsp3) is 0.789. The number of aromatic nitrogens is 2. The van der Waals surface area contributed by atoms with Gasteiger partial charge in [0.05, 0.1) is 0 Å². The molecule has 1 aromatic rings. The minimum atomic E-state index is 0. The number of halogens is 1. The molecule has 0 radical (unpaired) electrons. The predicted molar refractivity (Wildman–Crippen MR) is 118 cm³/mol. The van der Waals surface area contributed by atoms with Gasteiger partial charge in [0.25, 0.3) is 0 Å². The smallest absolute Gasteiger partial charge is 0.191 e. The number of methoxy groups -OCH3 is 1. The van der Waals surface area contributed by atoms with Gasteiger partial charge in [0.15, 0.2) is 5.96 Å². The van der Waals surface area contributed by atoms with Gasteiger partial charge in [-0.2, -0.15) is 0 Å². The standard InChI is InChI=1S/C19H35N5O.HI/c1-4-20-18(23-16-19(8-7-9-19)10-15-25-3)22-11-5-6-13-24-14-12-21-17(24)2;/h12,14H,4-11,13,15-16H2,1-3H3,(H2,20,22,23);1H. The van der Waals surface area contributed by atoms with Crippen molar-refractivity contribution >= 4 is 29.9 Å². The number of hydrogen-bond donors (Lipinski definition) is 2. The van der Waals surface area contributed by atoms with Crippen molar-refractivity contribution in [2.24, 2.45) is 10.4 Å². The molecule has 150 valence electrons. The Morgan fingerprint density at radius 2 is 2.15 bits per heavy atom. The lowest BCUT2D eigenvalue weighted by molar-refractivity contribution is 0.0778. The number of ether oxygens (including phenoxy) is 1. The topological polar surface area (TPSA) is 63.5 Å². The third-order valence-electron chi connectivity index (χ3n) is 5.21. The van der Waals surface area contributed by atoms with E-state index in [9.17, 15) is 0 Å². The molecule has 0 atom stereocenters. The van der Waals surface area contributed by atoms with Gasteiger partial charge in [-0.15, -0.1) is 24.0 Å². The number of aliphatic imine (C=N–C) groups is 1. The van der Waals surface area contributed by atoms with Gasteiger partial charge in [-0.1, -0.05) is 6.42 Å². The predicted octanol–water partition coefficient (Wildman–Crippen LogP) is 3.35. The normalized spacial score (nSPS) is 15.9. The average molecular weight is 477 g/mol. The monoisotopic (exact) mass is 477 g/mol. The molecule has 0 aliphatic heterocycles. The Hall–Kier alpha value is -0.830. The first-order valence-electron chi connectivity index (χ1n) is 9.68. The summed E-state index contributed by atoms with van der Waals surface area (Å²) in [6.07, 6.45) is 11.2. The van der Waals surface area contributed by atoms with Gasteiger partial charge in [0.1, 0.15) is 5.82 Å². The summed E-state index contributed by atoms with van der Waals surface area (Å²) in [5.41, 5.74) is 0.372. The number of nitrogens with zero attached hydrogens (tertiary/aromatic N) is 3. The summed E-state index contributed by atoms with van der Waals surface area (Å²) in [5.74, 6) is 2.04. The molecule has 1 heterocycles. The molecule has 0 saturated heterocycles. The highest BCUT2D eigenvalue weighted by Gasteiger charge is 2.36. The lowest BCUT2D eigenvalue weighted by atomic mass is 9.67. The van der Waals surface area contributed by atoms with E-state index in [2.05, 4.69) is 27.1 Å². The molecule has 1 aliphatic rings. The molecular formula is C19H36IN5O. The number of unbranched alkanes of at least 4 members (excludes halogenated alkanes) is 1. The summed E-state index contributed by atoms with van der Waals surface area (Å²) in [4.78, 5) is 9.11. The van der Waals surface area contributed by atoms with Crippen molar-refractivity contribution in [1.82, 2.24) is 20.2 Å². The second-order valence-corrected chi connectivity index (χ2v) is 7.09. The summed E-state index contributed by atoms with van der Waals surface area (Å²) in [5, 5.41) is 6.84. The lowest BCUT2D eigenvalue weighted by Gasteiger charge is -2.40. The maximum atomic E-state index is 5.27. The molecule has 1 aliphatic carbocycles. The number of guanidine groups is 1. The van der Waals surface area contributed by atoms with Crippen LogP contribution in [0.25, 0.3) is 0 Å².